The third kappa shape index (κ3) is 4.60. The summed E-state index contributed by atoms with van der Waals surface area (Å²) in [7, 11) is 0. The summed E-state index contributed by atoms with van der Waals surface area (Å²) in [6.45, 7) is 5.08. The van der Waals surface area contributed by atoms with Crippen molar-refractivity contribution in [2.45, 2.75) is 26.2 Å². The Hall–Kier alpha value is -1.82. The van der Waals surface area contributed by atoms with E-state index in [0.29, 0.717) is 24.9 Å². The molecule has 2 rings (SSSR count). The van der Waals surface area contributed by atoms with E-state index in [1.807, 2.05) is 6.92 Å². The van der Waals surface area contributed by atoms with Crippen LogP contribution in [0, 0.1) is 16.0 Å². The number of nitro benzene ring substituents is 1. The van der Waals surface area contributed by atoms with Gasteiger partial charge in [0.05, 0.1) is 18.1 Å². The fourth-order valence-corrected chi connectivity index (χ4v) is 2.34. The number of nitrogens with zero attached hydrogens (tertiary/aromatic N) is 1. The standard InChI is InChI=1S/C15H22N2O4/c1-2-8-20-15-9-13(5-6-14(15)17(18)19)21-11-12-4-3-7-16-10-12/h5-6,9,12,16H,2-4,7-8,10-11H2,1H3. The summed E-state index contributed by atoms with van der Waals surface area (Å²) in [5.41, 5.74) is -0.0184. The van der Waals surface area contributed by atoms with Crippen molar-refractivity contribution in [3.05, 3.63) is 28.3 Å². The van der Waals surface area contributed by atoms with E-state index in [1.165, 1.54) is 12.5 Å². The normalized spacial score (nSPS) is 18.2. The molecule has 1 atom stereocenters. The predicted octanol–water partition coefficient (Wildman–Crippen LogP) is 2.76. The molecule has 1 unspecified atom stereocenters. The topological polar surface area (TPSA) is 73.6 Å². The molecule has 0 bridgehead atoms. The first-order valence-electron chi connectivity index (χ1n) is 7.45. The minimum Gasteiger partial charge on any atom is -0.493 e. The van der Waals surface area contributed by atoms with Crippen LogP contribution in [0.25, 0.3) is 0 Å². The van der Waals surface area contributed by atoms with Crippen LogP contribution in [0.1, 0.15) is 26.2 Å². The number of hydrogen-bond acceptors (Lipinski definition) is 5. The van der Waals surface area contributed by atoms with Crippen LogP contribution >= 0.6 is 0 Å². The van der Waals surface area contributed by atoms with Gasteiger partial charge in [-0.15, -0.1) is 0 Å². The maximum absolute atomic E-state index is 11.0. The number of ether oxygens (including phenoxy) is 2. The SMILES string of the molecule is CCCOc1cc(OCC2CCCNC2)ccc1[N+](=O)[O-]. The Morgan fingerprint density at radius 3 is 2.95 bits per heavy atom. The molecule has 0 amide bonds. The van der Waals surface area contributed by atoms with Crippen molar-refractivity contribution < 1.29 is 14.4 Å². The zero-order valence-electron chi connectivity index (χ0n) is 12.3. The van der Waals surface area contributed by atoms with E-state index in [9.17, 15) is 10.1 Å². The fourth-order valence-electron chi connectivity index (χ4n) is 2.34. The molecule has 0 radical (unpaired) electrons. The van der Waals surface area contributed by atoms with Crippen LogP contribution in [-0.2, 0) is 0 Å². The van der Waals surface area contributed by atoms with Crippen molar-refractivity contribution in [1.82, 2.24) is 5.32 Å². The predicted molar refractivity (Wildman–Crippen MR) is 80.0 cm³/mol. The number of rotatable bonds is 7. The number of benzene rings is 1. The summed E-state index contributed by atoms with van der Waals surface area (Å²) in [6.07, 6.45) is 3.12. The minimum absolute atomic E-state index is 0.0184. The smallest absolute Gasteiger partial charge is 0.311 e. The van der Waals surface area contributed by atoms with Gasteiger partial charge in [0.25, 0.3) is 0 Å². The lowest BCUT2D eigenvalue weighted by molar-refractivity contribution is -0.385. The molecule has 1 aromatic rings. The Bertz CT molecular complexity index is 473. The average molecular weight is 294 g/mol. The summed E-state index contributed by atoms with van der Waals surface area (Å²) >= 11 is 0. The zero-order valence-corrected chi connectivity index (χ0v) is 12.3. The molecular formula is C15H22N2O4. The molecule has 1 aromatic carbocycles. The van der Waals surface area contributed by atoms with E-state index in [0.717, 1.165) is 25.9 Å². The third-order valence-electron chi connectivity index (χ3n) is 3.47. The molecule has 0 aliphatic carbocycles. The Morgan fingerprint density at radius 1 is 1.43 bits per heavy atom. The van der Waals surface area contributed by atoms with Gasteiger partial charge in [0.15, 0.2) is 0 Å². The first kappa shape index (κ1) is 15.6. The van der Waals surface area contributed by atoms with Crippen molar-refractivity contribution >= 4 is 5.69 Å². The van der Waals surface area contributed by atoms with Crippen molar-refractivity contribution in [3.8, 4) is 11.5 Å². The monoisotopic (exact) mass is 294 g/mol. The van der Waals surface area contributed by atoms with Crippen LogP contribution in [-0.4, -0.2) is 31.2 Å². The third-order valence-corrected chi connectivity index (χ3v) is 3.47. The molecule has 1 heterocycles. The van der Waals surface area contributed by atoms with Crippen molar-refractivity contribution in [2.75, 3.05) is 26.3 Å². The average Bonchev–Trinajstić information content (AvgIpc) is 2.51. The maximum atomic E-state index is 11.0. The Morgan fingerprint density at radius 2 is 2.29 bits per heavy atom. The lowest BCUT2D eigenvalue weighted by Gasteiger charge is -2.22. The van der Waals surface area contributed by atoms with Gasteiger partial charge in [-0.3, -0.25) is 10.1 Å². The quantitative estimate of drug-likeness (QED) is 0.618. The van der Waals surface area contributed by atoms with Crippen molar-refractivity contribution in [3.63, 3.8) is 0 Å². The van der Waals surface area contributed by atoms with E-state index in [4.69, 9.17) is 9.47 Å². The van der Waals surface area contributed by atoms with Gasteiger partial charge in [0.2, 0.25) is 5.75 Å². The van der Waals surface area contributed by atoms with Gasteiger partial charge in [-0.05, 0) is 31.9 Å². The summed E-state index contributed by atoms with van der Waals surface area (Å²) in [6, 6.07) is 4.69. The summed E-state index contributed by atoms with van der Waals surface area (Å²) in [5, 5.41) is 14.3. The first-order chi connectivity index (χ1) is 10.2. The molecule has 0 spiro atoms. The lowest BCUT2D eigenvalue weighted by atomic mass is 10.0. The second kappa shape index (κ2) is 7.83. The van der Waals surface area contributed by atoms with Crippen LogP contribution in [0.4, 0.5) is 5.69 Å². The molecule has 1 aliphatic heterocycles. The highest BCUT2D eigenvalue weighted by atomic mass is 16.6. The van der Waals surface area contributed by atoms with Gasteiger partial charge < -0.3 is 14.8 Å². The Kier molecular flexibility index (Phi) is 5.80. The fraction of sp³-hybridized carbons (Fsp3) is 0.600. The summed E-state index contributed by atoms with van der Waals surface area (Å²) in [5.74, 6) is 1.40. The second-order valence-electron chi connectivity index (χ2n) is 5.26. The number of piperidine rings is 1. The molecule has 116 valence electrons. The molecule has 0 saturated carbocycles. The molecule has 6 heteroatoms. The van der Waals surface area contributed by atoms with E-state index in [2.05, 4.69) is 5.32 Å². The molecule has 1 N–H and O–H groups in total. The first-order valence-corrected chi connectivity index (χ1v) is 7.45. The van der Waals surface area contributed by atoms with E-state index < -0.39 is 4.92 Å². The summed E-state index contributed by atoms with van der Waals surface area (Å²) in [4.78, 5) is 10.5. The molecule has 21 heavy (non-hydrogen) atoms. The van der Waals surface area contributed by atoms with E-state index in [1.54, 1.807) is 12.1 Å². The largest absolute Gasteiger partial charge is 0.493 e. The molecule has 0 aromatic heterocycles. The van der Waals surface area contributed by atoms with Gasteiger partial charge in [-0.1, -0.05) is 6.92 Å². The number of nitro groups is 1. The van der Waals surface area contributed by atoms with Crippen LogP contribution in [0.15, 0.2) is 18.2 Å². The van der Waals surface area contributed by atoms with Gasteiger partial charge >= 0.3 is 5.69 Å². The van der Waals surface area contributed by atoms with Crippen LogP contribution in [0.2, 0.25) is 0 Å². The lowest BCUT2D eigenvalue weighted by Crippen LogP contribution is -2.33. The molecular weight excluding hydrogens is 272 g/mol. The van der Waals surface area contributed by atoms with Gasteiger partial charge in [0.1, 0.15) is 5.75 Å². The molecule has 1 aliphatic rings. The highest BCUT2D eigenvalue weighted by Gasteiger charge is 2.17. The van der Waals surface area contributed by atoms with E-state index >= 15 is 0 Å². The van der Waals surface area contributed by atoms with Crippen LogP contribution in [0.5, 0.6) is 11.5 Å². The maximum Gasteiger partial charge on any atom is 0.311 e. The highest BCUT2D eigenvalue weighted by Crippen LogP contribution is 2.31. The highest BCUT2D eigenvalue weighted by molar-refractivity contribution is 5.50. The van der Waals surface area contributed by atoms with E-state index in [-0.39, 0.29) is 11.4 Å². The zero-order chi connectivity index (χ0) is 15.1. The minimum atomic E-state index is -0.431. The van der Waals surface area contributed by atoms with Crippen LogP contribution < -0.4 is 14.8 Å². The van der Waals surface area contributed by atoms with Gasteiger partial charge in [0, 0.05) is 24.6 Å². The molecule has 1 saturated heterocycles. The second-order valence-corrected chi connectivity index (χ2v) is 5.26. The molecule has 6 nitrogen and oxygen atoms in total. The van der Waals surface area contributed by atoms with Crippen molar-refractivity contribution in [2.24, 2.45) is 5.92 Å². The van der Waals surface area contributed by atoms with Crippen LogP contribution in [0.3, 0.4) is 0 Å². The van der Waals surface area contributed by atoms with Crippen molar-refractivity contribution in [1.29, 1.82) is 0 Å². The number of nitrogens with one attached hydrogen (secondary N) is 1. The summed E-state index contributed by atoms with van der Waals surface area (Å²) < 4.78 is 11.2. The Balaban J connectivity index is 2.00. The molecule has 1 fully saturated rings. The number of hydrogen-bond donors (Lipinski definition) is 1. The van der Waals surface area contributed by atoms with Gasteiger partial charge in [-0.25, -0.2) is 0 Å². The Labute approximate surface area is 124 Å². The van der Waals surface area contributed by atoms with Gasteiger partial charge in [-0.2, -0.15) is 0 Å².